The van der Waals surface area contributed by atoms with E-state index in [-0.39, 0.29) is 21.2 Å². The number of benzene rings is 1. The summed E-state index contributed by atoms with van der Waals surface area (Å²) < 4.78 is 69.1. The van der Waals surface area contributed by atoms with Crippen LogP contribution in [0.5, 0.6) is 0 Å². The van der Waals surface area contributed by atoms with Crippen molar-refractivity contribution in [3.05, 3.63) is 52.1 Å². The van der Waals surface area contributed by atoms with Gasteiger partial charge >= 0.3 is 6.18 Å². The van der Waals surface area contributed by atoms with Crippen LogP contribution in [0.2, 0.25) is 5.02 Å². The molecule has 0 radical (unpaired) electrons. The van der Waals surface area contributed by atoms with Gasteiger partial charge in [-0.05, 0) is 30.7 Å². The second kappa shape index (κ2) is 6.60. The predicted octanol–water partition coefficient (Wildman–Crippen LogP) is 5.18. The summed E-state index contributed by atoms with van der Waals surface area (Å²) in [5, 5.41) is 5.12. The largest absolute Gasteiger partial charge is 0.452 e. The van der Waals surface area contributed by atoms with Gasteiger partial charge in [-0.3, -0.25) is 4.72 Å². The molecule has 0 spiro atoms. The molecule has 0 aliphatic heterocycles. The van der Waals surface area contributed by atoms with Gasteiger partial charge in [-0.2, -0.15) is 13.2 Å². The van der Waals surface area contributed by atoms with Crippen LogP contribution in [0.15, 0.2) is 44.4 Å². The highest BCUT2D eigenvalue weighted by Crippen LogP contribution is 2.34. The molecule has 0 saturated heterocycles. The SMILES string of the molecule is Cc1ccc(NS(=O)(=O)c2cc(-c3cc(C(F)(F)F)on3)cs2)cc1Cl. The fraction of sp³-hybridized carbons (Fsp3) is 0.133. The quantitative estimate of drug-likeness (QED) is 0.628. The number of aryl methyl sites for hydroxylation is 1. The molecule has 1 N–H and O–H groups in total. The molecule has 2 aromatic heterocycles. The predicted molar refractivity (Wildman–Crippen MR) is 91.8 cm³/mol. The number of nitrogens with one attached hydrogen (secondary N) is 1. The number of sulfonamides is 1. The molecule has 0 fully saturated rings. The molecule has 138 valence electrons. The Balaban J connectivity index is 1.86. The van der Waals surface area contributed by atoms with Crippen LogP contribution in [-0.2, 0) is 16.2 Å². The molecular weight excluding hydrogens is 413 g/mol. The average Bonchev–Trinajstić information content (AvgIpc) is 3.18. The number of hydrogen-bond donors (Lipinski definition) is 1. The van der Waals surface area contributed by atoms with E-state index in [4.69, 9.17) is 11.6 Å². The van der Waals surface area contributed by atoms with Crippen molar-refractivity contribution in [3.8, 4) is 11.3 Å². The summed E-state index contributed by atoms with van der Waals surface area (Å²) in [6.07, 6.45) is -4.66. The van der Waals surface area contributed by atoms with Crippen molar-refractivity contribution in [1.29, 1.82) is 0 Å². The van der Waals surface area contributed by atoms with Crippen molar-refractivity contribution >= 4 is 38.6 Å². The summed E-state index contributed by atoms with van der Waals surface area (Å²) in [5.74, 6) is -1.25. The van der Waals surface area contributed by atoms with E-state index in [2.05, 4.69) is 14.4 Å². The zero-order valence-electron chi connectivity index (χ0n) is 13.0. The number of rotatable bonds is 4. The number of halogens is 4. The van der Waals surface area contributed by atoms with E-state index in [1.807, 2.05) is 0 Å². The normalized spacial score (nSPS) is 12.3. The first-order chi connectivity index (χ1) is 12.1. The Morgan fingerprint density at radius 1 is 1.23 bits per heavy atom. The highest BCUT2D eigenvalue weighted by molar-refractivity contribution is 7.94. The number of anilines is 1. The maximum Gasteiger partial charge on any atom is 0.452 e. The van der Waals surface area contributed by atoms with E-state index in [9.17, 15) is 21.6 Å². The molecule has 0 bridgehead atoms. The molecule has 0 aliphatic rings. The van der Waals surface area contributed by atoms with Gasteiger partial charge in [0.2, 0.25) is 5.76 Å². The second-order valence-corrected chi connectivity index (χ2v) is 8.53. The number of thiophene rings is 1. The minimum Gasteiger partial charge on any atom is -0.351 e. The molecule has 3 aromatic rings. The number of aromatic nitrogens is 1. The van der Waals surface area contributed by atoms with Gasteiger partial charge in [0, 0.05) is 22.0 Å². The van der Waals surface area contributed by atoms with Crippen molar-refractivity contribution < 1.29 is 26.1 Å². The van der Waals surface area contributed by atoms with Gasteiger partial charge < -0.3 is 4.52 Å². The molecule has 0 unspecified atom stereocenters. The van der Waals surface area contributed by atoms with Crippen LogP contribution in [0.1, 0.15) is 11.3 Å². The van der Waals surface area contributed by atoms with E-state index >= 15 is 0 Å². The Bertz CT molecular complexity index is 1060. The highest BCUT2D eigenvalue weighted by atomic mass is 35.5. The fourth-order valence-electron chi connectivity index (χ4n) is 2.00. The minimum atomic E-state index is -4.66. The Morgan fingerprint density at radius 3 is 2.58 bits per heavy atom. The average molecular weight is 423 g/mol. The van der Waals surface area contributed by atoms with Crippen molar-refractivity contribution in [3.63, 3.8) is 0 Å². The summed E-state index contributed by atoms with van der Waals surface area (Å²) >= 11 is 6.82. The van der Waals surface area contributed by atoms with Gasteiger partial charge in [-0.1, -0.05) is 22.8 Å². The summed E-state index contributed by atoms with van der Waals surface area (Å²) in [5.41, 5.74) is 1.17. The topological polar surface area (TPSA) is 72.2 Å². The number of nitrogens with zero attached hydrogens (tertiary/aromatic N) is 1. The van der Waals surface area contributed by atoms with Crippen molar-refractivity contribution in [2.45, 2.75) is 17.3 Å². The zero-order valence-corrected chi connectivity index (χ0v) is 15.4. The lowest BCUT2D eigenvalue weighted by Gasteiger charge is -2.07. The standard InChI is InChI=1S/C15H10ClF3N2O3S2/c1-8-2-3-10(5-11(8)16)21-26(22,23)14-4-9(7-25-14)12-6-13(24-20-12)15(17,18)19/h2-7,21H,1H3. The van der Waals surface area contributed by atoms with Crippen molar-refractivity contribution in [2.75, 3.05) is 4.72 Å². The van der Waals surface area contributed by atoms with E-state index in [0.717, 1.165) is 16.9 Å². The van der Waals surface area contributed by atoms with Gasteiger partial charge in [0.15, 0.2) is 0 Å². The maximum absolute atomic E-state index is 12.6. The first kappa shape index (κ1) is 18.7. The lowest BCUT2D eigenvalue weighted by molar-refractivity contribution is -0.155. The Kier molecular flexibility index (Phi) is 4.76. The monoisotopic (exact) mass is 422 g/mol. The third kappa shape index (κ3) is 3.87. The van der Waals surface area contributed by atoms with Crippen LogP contribution in [-0.4, -0.2) is 13.6 Å². The highest BCUT2D eigenvalue weighted by Gasteiger charge is 2.36. The summed E-state index contributed by atoms with van der Waals surface area (Å²) in [7, 11) is -3.92. The smallest absolute Gasteiger partial charge is 0.351 e. The molecule has 0 aliphatic carbocycles. The van der Waals surface area contributed by atoms with Crippen LogP contribution in [0.25, 0.3) is 11.3 Å². The molecule has 2 heterocycles. The van der Waals surface area contributed by atoms with E-state index in [0.29, 0.717) is 11.1 Å². The van der Waals surface area contributed by atoms with Crippen molar-refractivity contribution in [2.24, 2.45) is 0 Å². The molecule has 0 atom stereocenters. The molecule has 26 heavy (non-hydrogen) atoms. The number of hydrogen-bond acceptors (Lipinski definition) is 5. The zero-order chi connectivity index (χ0) is 19.1. The molecule has 3 rings (SSSR count). The van der Waals surface area contributed by atoms with Gasteiger partial charge in [-0.15, -0.1) is 11.3 Å². The summed E-state index contributed by atoms with van der Waals surface area (Å²) in [6, 6.07) is 6.62. The summed E-state index contributed by atoms with van der Waals surface area (Å²) in [4.78, 5) is 0. The maximum atomic E-state index is 12.6. The molecular formula is C15H10ClF3N2O3S2. The van der Waals surface area contributed by atoms with Gasteiger partial charge in [0.25, 0.3) is 10.0 Å². The Hall–Kier alpha value is -2.04. The molecule has 5 nitrogen and oxygen atoms in total. The summed E-state index contributed by atoms with van der Waals surface area (Å²) in [6.45, 7) is 1.78. The van der Waals surface area contributed by atoms with Crippen LogP contribution in [0.4, 0.5) is 18.9 Å². The first-order valence-corrected chi connectivity index (χ1v) is 9.72. The first-order valence-electron chi connectivity index (χ1n) is 6.98. The number of alkyl halides is 3. The molecule has 0 saturated carbocycles. The third-order valence-corrected chi connectivity index (χ3v) is 6.58. The lowest BCUT2D eigenvalue weighted by Crippen LogP contribution is -2.11. The minimum absolute atomic E-state index is 0.0826. The lowest BCUT2D eigenvalue weighted by atomic mass is 10.2. The van der Waals surface area contributed by atoms with Crippen LogP contribution < -0.4 is 4.72 Å². The van der Waals surface area contributed by atoms with Crippen LogP contribution in [0, 0.1) is 6.92 Å². The van der Waals surface area contributed by atoms with Gasteiger partial charge in [0.1, 0.15) is 9.90 Å². The molecule has 11 heteroatoms. The van der Waals surface area contributed by atoms with E-state index in [1.54, 1.807) is 19.1 Å². The molecule has 1 aromatic carbocycles. The van der Waals surface area contributed by atoms with Crippen LogP contribution in [0.3, 0.4) is 0 Å². The molecule has 0 amide bonds. The van der Waals surface area contributed by atoms with Gasteiger partial charge in [0.05, 0.1) is 5.69 Å². The third-order valence-electron chi connectivity index (χ3n) is 3.35. The van der Waals surface area contributed by atoms with E-state index in [1.165, 1.54) is 17.5 Å². The second-order valence-electron chi connectivity index (χ2n) is 5.30. The fourth-order valence-corrected chi connectivity index (χ4v) is 4.40. The Morgan fingerprint density at radius 2 is 1.96 bits per heavy atom. The Labute approximate surface area is 155 Å². The van der Waals surface area contributed by atoms with Crippen LogP contribution >= 0.6 is 22.9 Å². The van der Waals surface area contributed by atoms with Gasteiger partial charge in [-0.25, -0.2) is 8.42 Å². The van der Waals surface area contributed by atoms with E-state index < -0.39 is 22.0 Å². The van der Waals surface area contributed by atoms with Crippen molar-refractivity contribution in [1.82, 2.24) is 5.16 Å².